The summed E-state index contributed by atoms with van der Waals surface area (Å²) in [5.74, 6) is 0.468. The Morgan fingerprint density at radius 3 is 2.77 bits per heavy atom. The van der Waals surface area contributed by atoms with Gasteiger partial charge in [0.05, 0.1) is 6.61 Å². The first kappa shape index (κ1) is 10.1. The summed E-state index contributed by atoms with van der Waals surface area (Å²) >= 11 is 0. The summed E-state index contributed by atoms with van der Waals surface area (Å²) in [5, 5.41) is 0. The summed E-state index contributed by atoms with van der Waals surface area (Å²) in [7, 11) is 3.32. The molecular weight excluding hydrogens is 170 g/mol. The average molecular weight is 182 g/mol. The molecule has 0 aliphatic heterocycles. The summed E-state index contributed by atoms with van der Waals surface area (Å²) in [6.07, 6.45) is 0. The van der Waals surface area contributed by atoms with Crippen LogP contribution in [0, 0.1) is 5.82 Å². The Balaban J connectivity index is 2.53. The van der Waals surface area contributed by atoms with Crippen LogP contribution in [-0.2, 0) is 4.74 Å². The molecule has 0 saturated heterocycles. The minimum Gasteiger partial charge on any atom is -0.491 e. The molecule has 0 radical (unpaired) electrons. The minimum absolute atomic E-state index is 0.209. The molecule has 0 saturated carbocycles. The quantitative estimate of drug-likeness (QED) is 0.486. The van der Waals surface area contributed by atoms with Crippen molar-refractivity contribution >= 4 is 13.3 Å². The minimum atomic E-state index is -0.209. The number of halogens is 1. The average Bonchev–Trinajstić information content (AvgIpc) is 2.12. The van der Waals surface area contributed by atoms with E-state index in [-0.39, 0.29) is 5.82 Å². The Labute approximate surface area is 78.1 Å². The van der Waals surface area contributed by atoms with Crippen LogP contribution in [-0.4, -0.2) is 28.2 Å². The van der Waals surface area contributed by atoms with Crippen LogP contribution in [0.1, 0.15) is 0 Å². The molecule has 0 N–H and O–H groups in total. The second kappa shape index (κ2) is 4.87. The Hall–Kier alpha value is -1.03. The van der Waals surface area contributed by atoms with Crippen LogP contribution < -0.4 is 10.2 Å². The molecular formula is C9H12BFO2. The van der Waals surface area contributed by atoms with Gasteiger partial charge < -0.3 is 9.47 Å². The van der Waals surface area contributed by atoms with Crippen molar-refractivity contribution in [2.75, 3.05) is 20.3 Å². The van der Waals surface area contributed by atoms with E-state index in [0.717, 1.165) is 0 Å². The predicted octanol–water partition coefficient (Wildman–Crippen LogP) is 0.109. The molecule has 0 fully saturated rings. The van der Waals surface area contributed by atoms with Gasteiger partial charge in [-0.15, -0.1) is 0 Å². The summed E-state index contributed by atoms with van der Waals surface area (Å²) < 4.78 is 22.9. The monoisotopic (exact) mass is 182 g/mol. The van der Waals surface area contributed by atoms with Crippen LogP contribution in [0.3, 0.4) is 0 Å². The lowest BCUT2D eigenvalue weighted by molar-refractivity contribution is 0.146. The number of methoxy groups -OCH3 is 1. The van der Waals surface area contributed by atoms with Crippen molar-refractivity contribution in [2.24, 2.45) is 0 Å². The third-order valence-electron chi connectivity index (χ3n) is 1.69. The highest BCUT2D eigenvalue weighted by Crippen LogP contribution is 2.08. The smallest absolute Gasteiger partial charge is 0.143 e. The van der Waals surface area contributed by atoms with Crippen molar-refractivity contribution in [2.45, 2.75) is 0 Å². The number of hydrogen-bond acceptors (Lipinski definition) is 2. The first-order chi connectivity index (χ1) is 6.24. The van der Waals surface area contributed by atoms with E-state index in [9.17, 15) is 4.39 Å². The van der Waals surface area contributed by atoms with Crippen LogP contribution >= 0.6 is 0 Å². The van der Waals surface area contributed by atoms with E-state index >= 15 is 0 Å². The normalized spacial score (nSPS) is 10.0. The van der Waals surface area contributed by atoms with Crippen LogP contribution in [0.15, 0.2) is 18.2 Å². The van der Waals surface area contributed by atoms with E-state index < -0.39 is 0 Å². The molecule has 4 heteroatoms. The van der Waals surface area contributed by atoms with Gasteiger partial charge in [-0.3, -0.25) is 0 Å². The zero-order chi connectivity index (χ0) is 9.68. The molecule has 13 heavy (non-hydrogen) atoms. The SMILES string of the molecule is Bc1cc(OCCOC)ccc1F. The van der Waals surface area contributed by atoms with Gasteiger partial charge in [0, 0.05) is 7.11 Å². The van der Waals surface area contributed by atoms with Crippen LogP contribution in [0.25, 0.3) is 0 Å². The molecule has 1 aromatic rings. The molecule has 0 bridgehead atoms. The zero-order valence-electron chi connectivity index (χ0n) is 7.84. The summed E-state index contributed by atoms with van der Waals surface area (Å²) in [6.45, 7) is 1.03. The topological polar surface area (TPSA) is 18.5 Å². The van der Waals surface area contributed by atoms with E-state index in [2.05, 4.69) is 0 Å². The number of ether oxygens (including phenoxy) is 2. The number of hydrogen-bond donors (Lipinski definition) is 0. The second-order valence-electron chi connectivity index (χ2n) is 2.75. The highest BCUT2D eigenvalue weighted by atomic mass is 19.1. The maximum Gasteiger partial charge on any atom is 0.143 e. The van der Waals surface area contributed by atoms with Gasteiger partial charge in [0.1, 0.15) is 26.0 Å². The third kappa shape index (κ3) is 3.07. The fourth-order valence-corrected chi connectivity index (χ4v) is 0.950. The summed E-state index contributed by atoms with van der Waals surface area (Å²) in [6, 6.07) is 4.68. The first-order valence-corrected chi connectivity index (χ1v) is 4.12. The summed E-state index contributed by atoms with van der Waals surface area (Å²) in [5.41, 5.74) is 0.593. The maximum atomic E-state index is 12.8. The summed E-state index contributed by atoms with van der Waals surface area (Å²) in [4.78, 5) is 0. The van der Waals surface area contributed by atoms with E-state index in [1.54, 1.807) is 27.1 Å². The maximum absolute atomic E-state index is 12.8. The molecule has 2 nitrogen and oxygen atoms in total. The molecule has 0 aliphatic rings. The Morgan fingerprint density at radius 1 is 1.38 bits per heavy atom. The highest BCUT2D eigenvalue weighted by Gasteiger charge is 1.98. The molecule has 0 spiro atoms. The van der Waals surface area contributed by atoms with E-state index in [4.69, 9.17) is 9.47 Å². The van der Waals surface area contributed by atoms with Crippen molar-refractivity contribution in [1.82, 2.24) is 0 Å². The molecule has 0 unspecified atom stereocenters. The van der Waals surface area contributed by atoms with E-state index in [1.165, 1.54) is 6.07 Å². The Morgan fingerprint density at radius 2 is 2.15 bits per heavy atom. The fourth-order valence-electron chi connectivity index (χ4n) is 0.950. The molecule has 0 atom stereocenters. The van der Waals surface area contributed by atoms with Crippen molar-refractivity contribution in [3.05, 3.63) is 24.0 Å². The Bertz CT molecular complexity index is 278. The standard InChI is InChI=1S/C9H12BFO2/c1-12-4-5-13-7-2-3-9(11)8(10)6-7/h2-3,6H,4-5,10H2,1H3. The fraction of sp³-hybridized carbons (Fsp3) is 0.333. The van der Waals surface area contributed by atoms with Gasteiger partial charge in [-0.25, -0.2) is 4.39 Å². The van der Waals surface area contributed by atoms with Gasteiger partial charge in [0.2, 0.25) is 0 Å². The highest BCUT2D eigenvalue weighted by molar-refractivity contribution is 6.32. The van der Waals surface area contributed by atoms with Gasteiger partial charge in [-0.2, -0.15) is 0 Å². The molecule has 70 valence electrons. The molecule has 1 rings (SSSR count). The number of rotatable bonds is 4. The van der Waals surface area contributed by atoms with Crippen LogP contribution in [0.4, 0.5) is 4.39 Å². The van der Waals surface area contributed by atoms with E-state index in [0.29, 0.717) is 24.4 Å². The van der Waals surface area contributed by atoms with Gasteiger partial charge in [0.15, 0.2) is 0 Å². The van der Waals surface area contributed by atoms with Crippen LogP contribution in [0.2, 0.25) is 0 Å². The second-order valence-corrected chi connectivity index (χ2v) is 2.75. The van der Waals surface area contributed by atoms with Gasteiger partial charge in [-0.1, -0.05) is 5.46 Å². The van der Waals surface area contributed by atoms with Crippen molar-refractivity contribution < 1.29 is 13.9 Å². The molecule has 1 aromatic carbocycles. The largest absolute Gasteiger partial charge is 0.491 e. The lowest BCUT2D eigenvalue weighted by atomic mass is 9.95. The Kier molecular flexibility index (Phi) is 3.77. The zero-order valence-corrected chi connectivity index (χ0v) is 7.84. The molecule has 0 heterocycles. The van der Waals surface area contributed by atoms with Crippen molar-refractivity contribution in [1.29, 1.82) is 0 Å². The molecule has 0 aromatic heterocycles. The van der Waals surface area contributed by atoms with Gasteiger partial charge in [-0.05, 0) is 18.2 Å². The lowest BCUT2D eigenvalue weighted by Gasteiger charge is -2.06. The van der Waals surface area contributed by atoms with Gasteiger partial charge in [0.25, 0.3) is 0 Å². The predicted molar refractivity (Wildman–Crippen MR) is 51.9 cm³/mol. The molecule has 0 amide bonds. The van der Waals surface area contributed by atoms with Gasteiger partial charge >= 0.3 is 0 Å². The number of benzene rings is 1. The molecule has 0 aliphatic carbocycles. The van der Waals surface area contributed by atoms with E-state index in [1.807, 2.05) is 0 Å². The van der Waals surface area contributed by atoms with Crippen molar-refractivity contribution in [3.8, 4) is 5.75 Å². The van der Waals surface area contributed by atoms with Crippen molar-refractivity contribution in [3.63, 3.8) is 0 Å². The first-order valence-electron chi connectivity index (χ1n) is 4.12. The van der Waals surface area contributed by atoms with Crippen LogP contribution in [0.5, 0.6) is 5.75 Å². The lowest BCUT2D eigenvalue weighted by Crippen LogP contribution is -2.10. The third-order valence-corrected chi connectivity index (χ3v) is 1.69.